The van der Waals surface area contributed by atoms with Crippen LogP contribution in [0.2, 0.25) is 0 Å². The molecule has 0 aliphatic carbocycles. The fourth-order valence-electron chi connectivity index (χ4n) is 1.52. The number of nitrogens with zero attached hydrogens (tertiary/aromatic N) is 5. The van der Waals surface area contributed by atoms with Gasteiger partial charge in [0.2, 0.25) is 11.6 Å². The maximum Gasteiger partial charge on any atom is 0.252 e. The third-order valence-electron chi connectivity index (χ3n) is 2.33. The van der Waals surface area contributed by atoms with Crippen molar-refractivity contribution in [1.82, 2.24) is 30.8 Å². The van der Waals surface area contributed by atoms with Gasteiger partial charge in [0.25, 0.3) is 5.89 Å². The van der Waals surface area contributed by atoms with E-state index in [1.165, 1.54) is 0 Å². The molecule has 0 atom stereocenters. The summed E-state index contributed by atoms with van der Waals surface area (Å²) >= 11 is 0. The first-order valence-corrected chi connectivity index (χ1v) is 5.14. The monoisotopic (exact) mass is 244 g/mol. The topological polar surface area (TPSA) is 114 Å². The molecule has 0 fully saturated rings. The first-order chi connectivity index (χ1) is 8.86. The van der Waals surface area contributed by atoms with Crippen LogP contribution in [0.1, 0.15) is 5.89 Å². The Morgan fingerprint density at radius 1 is 1.22 bits per heavy atom. The van der Waals surface area contributed by atoms with Crippen molar-refractivity contribution in [3.05, 3.63) is 30.2 Å². The number of rotatable bonds is 3. The van der Waals surface area contributed by atoms with E-state index in [4.69, 9.17) is 9.63 Å². The van der Waals surface area contributed by atoms with Crippen LogP contribution in [0.3, 0.4) is 0 Å². The van der Waals surface area contributed by atoms with Crippen molar-refractivity contribution in [3.63, 3.8) is 0 Å². The number of tetrazole rings is 1. The molecular formula is C10H8N6O2. The molecule has 0 saturated carbocycles. The largest absolute Gasteiger partial charge is 0.387 e. The molecule has 3 aromatic rings. The van der Waals surface area contributed by atoms with E-state index in [9.17, 15) is 0 Å². The van der Waals surface area contributed by atoms with Gasteiger partial charge in [-0.2, -0.15) is 10.2 Å². The van der Waals surface area contributed by atoms with Gasteiger partial charge in [0.1, 0.15) is 6.61 Å². The van der Waals surface area contributed by atoms with Crippen molar-refractivity contribution in [3.8, 4) is 22.8 Å². The second-order valence-corrected chi connectivity index (χ2v) is 3.49. The molecule has 8 heteroatoms. The average Bonchev–Trinajstić information content (AvgIpc) is 3.10. The highest BCUT2D eigenvalue weighted by Gasteiger charge is 2.10. The van der Waals surface area contributed by atoms with Crippen LogP contribution in [-0.2, 0) is 6.61 Å². The zero-order chi connectivity index (χ0) is 12.4. The van der Waals surface area contributed by atoms with Crippen molar-refractivity contribution in [1.29, 1.82) is 0 Å². The van der Waals surface area contributed by atoms with Crippen molar-refractivity contribution in [2.24, 2.45) is 0 Å². The minimum absolute atomic E-state index is 0.176. The molecule has 0 spiro atoms. The van der Waals surface area contributed by atoms with Crippen LogP contribution >= 0.6 is 0 Å². The maximum absolute atomic E-state index is 8.87. The summed E-state index contributed by atoms with van der Waals surface area (Å²) in [5.74, 6) is 1.07. The normalized spacial score (nSPS) is 10.7. The van der Waals surface area contributed by atoms with Gasteiger partial charge in [0.05, 0.1) is 0 Å². The van der Waals surface area contributed by atoms with Gasteiger partial charge >= 0.3 is 0 Å². The van der Waals surface area contributed by atoms with E-state index in [1.54, 1.807) is 0 Å². The number of nitrogens with one attached hydrogen (secondary N) is 1. The lowest BCUT2D eigenvalue weighted by atomic mass is 10.1. The van der Waals surface area contributed by atoms with Gasteiger partial charge in [0, 0.05) is 11.1 Å². The van der Waals surface area contributed by atoms with E-state index in [-0.39, 0.29) is 12.5 Å². The van der Waals surface area contributed by atoms with Crippen molar-refractivity contribution < 1.29 is 9.63 Å². The average molecular weight is 244 g/mol. The molecule has 1 aromatic carbocycles. The van der Waals surface area contributed by atoms with Crippen molar-refractivity contribution >= 4 is 0 Å². The lowest BCUT2D eigenvalue weighted by Gasteiger charge is -1.97. The molecule has 0 amide bonds. The molecule has 8 nitrogen and oxygen atoms in total. The highest BCUT2D eigenvalue weighted by molar-refractivity contribution is 5.65. The minimum atomic E-state index is -0.280. The third-order valence-corrected chi connectivity index (χ3v) is 2.33. The van der Waals surface area contributed by atoms with E-state index >= 15 is 0 Å². The zero-order valence-electron chi connectivity index (χ0n) is 9.11. The molecule has 0 aliphatic heterocycles. The number of benzene rings is 1. The minimum Gasteiger partial charge on any atom is -0.387 e. The number of hydrogen-bond acceptors (Lipinski definition) is 7. The second-order valence-electron chi connectivity index (χ2n) is 3.49. The highest BCUT2D eigenvalue weighted by Crippen LogP contribution is 2.21. The fourth-order valence-corrected chi connectivity index (χ4v) is 1.52. The van der Waals surface area contributed by atoms with E-state index in [0.29, 0.717) is 11.6 Å². The van der Waals surface area contributed by atoms with Crippen LogP contribution in [0.25, 0.3) is 22.8 Å². The molecule has 90 valence electrons. The third kappa shape index (κ3) is 1.84. The first kappa shape index (κ1) is 10.5. The van der Waals surface area contributed by atoms with Gasteiger partial charge in [-0.05, 0) is 11.3 Å². The SMILES string of the molecule is OCc1nc(-c2cccc(-c3nn[nH]n3)c2)no1. The van der Waals surface area contributed by atoms with E-state index < -0.39 is 0 Å². The van der Waals surface area contributed by atoms with E-state index in [2.05, 4.69) is 30.8 Å². The Bertz CT molecular complexity index is 648. The molecule has 0 saturated heterocycles. The smallest absolute Gasteiger partial charge is 0.252 e. The molecule has 2 N–H and O–H groups in total. The van der Waals surface area contributed by atoms with Crippen LogP contribution in [-0.4, -0.2) is 35.9 Å². The second kappa shape index (κ2) is 4.34. The van der Waals surface area contributed by atoms with Crippen LogP contribution in [0.4, 0.5) is 0 Å². The highest BCUT2D eigenvalue weighted by atomic mass is 16.5. The van der Waals surface area contributed by atoms with Crippen molar-refractivity contribution in [2.45, 2.75) is 6.61 Å². The number of H-pyrrole nitrogens is 1. The van der Waals surface area contributed by atoms with Gasteiger partial charge in [0.15, 0.2) is 0 Å². The molecule has 0 unspecified atom stereocenters. The van der Waals surface area contributed by atoms with E-state index in [1.807, 2.05) is 24.3 Å². The molecular weight excluding hydrogens is 236 g/mol. The summed E-state index contributed by atoms with van der Waals surface area (Å²) in [6, 6.07) is 7.32. The van der Waals surface area contributed by atoms with Crippen LogP contribution in [0, 0.1) is 0 Å². The summed E-state index contributed by atoms with van der Waals surface area (Å²) < 4.78 is 4.84. The number of hydrogen-bond donors (Lipinski definition) is 2. The predicted octanol–water partition coefficient (Wildman–Crippen LogP) is 0.409. The molecule has 0 bridgehead atoms. The van der Waals surface area contributed by atoms with Gasteiger partial charge in [-0.3, -0.25) is 0 Å². The van der Waals surface area contributed by atoms with Crippen LogP contribution in [0.5, 0.6) is 0 Å². The summed E-state index contributed by atoms with van der Waals surface area (Å²) in [6.45, 7) is -0.280. The van der Waals surface area contributed by atoms with E-state index in [0.717, 1.165) is 11.1 Å². The fraction of sp³-hybridized carbons (Fsp3) is 0.100. The predicted molar refractivity (Wildman–Crippen MR) is 58.8 cm³/mol. The Morgan fingerprint density at radius 2 is 2.06 bits per heavy atom. The summed E-state index contributed by atoms with van der Waals surface area (Å²) in [4.78, 5) is 4.03. The number of aromatic amines is 1. The molecule has 18 heavy (non-hydrogen) atoms. The molecule has 2 heterocycles. The summed E-state index contributed by atoms with van der Waals surface area (Å²) in [6.07, 6.45) is 0. The Balaban J connectivity index is 2.00. The number of aliphatic hydroxyl groups excluding tert-OH is 1. The Morgan fingerprint density at radius 3 is 2.72 bits per heavy atom. The molecule has 0 aliphatic rings. The zero-order valence-corrected chi connectivity index (χ0v) is 9.11. The number of aromatic nitrogens is 6. The Kier molecular flexibility index (Phi) is 2.54. The van der Waals surface area contributed by atoms with Gasteiger partial charge < -0.3 is 9.63 Å². The molecule has 2 aromatic heterocycles. The quantitative estimate of drug-likeness (QED) is 0.685. The van der Waals surface area contributed by atoms with Crippen LogP contribution < -0.4 is 0 Å². The maximum atomic E-state index is 8.87. The molecule has 3 rings (SSSR count). The summed E-state index contributed by atoms with van der Waals surface area (Å²) in [5, 5.41) is 26.3. The summed E-state index contributed by atoms with van der Waals surface area (Å²) in [5.41, 5.74) is 1.54. The first-order valence-electron chi connectivity index (χ1n) is 5.14. The Hall–Kier alpha value is -2.61. The van der Waals surface area contributed by atoms with Crippen molar-refractivity contribution in [2.75, 3.05) is 0 Å². The van der Waals surface area contributed by atoms with Gasteiger partial charge in [-0.1, -0.05) is 23.4 Å². The standard InChI is InChI=1S/C10H8N6O2/c17-5-8-11-9(14-18-8)6-2-1-3-7(4-6)10-12-15-16-13-10/h1-4,17H,5H2,(H,12,13,15,16). The van der Waals surface area contributed by atoms with Gasteiger partial charge in [-0.25, -0.2) is 0 Å². The molecule has 0 radical (unpaired) electrons. The lowest BCUT2D eigenvalue weighted by Crippen LogP contribution is -1.86. The van der Waals surface area contributed by atoms with Gasteiger partial charge in [-0.15, -0.1) is 10.2 Å². The van der Waals surface area contributed by atoms with Crippen LogP contribution in [0.15, 0.2) is 28.8 Å². The number of aliphatic hydroxyl groups is 1. The summed E-state index contributed by atoms with van der Waals surface area (Å²) in [7, 11) is 0. The lowest BCUT2D eigenvalue weighted by molar-refractivity contribution is 0.222. The Labute approximate surface area is 101 Å².